The van der Waals surface area contributed by atoms with Gasteiger partial charge < -0.3 is 9.84 Å². The molecule has 3 atom stereocenters. The number of benzene rings is 2. The first-order chi connectivity index (χ1) is 10.2. The van der Waals surface area contributed by atoms with Crippen molar-refractivity contribution in [1.29, 1.82) is 0 Å². The van der Waals surface area contributed by atoms with Crippen molar-refractivity contribution >= 4 is 5.97 Å². The Kier molecular flexibility index (Phi) is 3.52. The summed E-state index contributed by atoms with van der Waals surface area (Å²) in [5, 5.41) is 10.7. The topological polar surface area (TPSA) is 46.5 Å². The summed E-state index contributed by atoms with van der Waals surface area (Å²) in [6, 6.07) is 19.1. The zero-order chi connectivity index (χ0) is 14.9. The number of esters is 1. The minimum absolute atomic E-state index is 0.00126. The molecule has 0 radical (unpaired) electrons. The SMILES string of the molecule is COC(=O)[C@]1(C(O)c2ccccc2)C[C@@H]1c1ccccc1. The molecule has 2 aromatic rings. The lowest BCUT2D eigenvalue weighted by Crippen LogP contribution is -2.27. The maximum Gasteiger partial charge on any atom is 0.315 e. The van der Waals surface area contributed by atoms with Crippen molar-refractivity contribution in [3.63, 3.8) is 0 Å². The van der Waals surface area contributed by atoms with Crippen LogP contribution in [0.2, 0.25) is 0 Å². The smallest absolute Gasteiger partial charge is 0.315 e. The van der Waals surface area contributed by atoms with Gasteiger partial charge in [0.2, 0.25) is 0 Å². The second kappa shape index (κ2) is 5.34. The molecule has 3 nitrogen and oxygen atoms in total. The molecule has 2 aromatic carbocycles. The minimum atomic E-state index is -0.864. The first-order valence-electron chi connectivity index (χ1n) is 7.06. The van der Waals surface area contributed by atoms with E-state index in [1.165, 1.54) is 7.11 Å². The predicted octanol–water partition coefficient (Wildman–Crippen LogP) is 3.07. The number of carbonyl (C=O) groups excluding carboxylic acids is 1. The van der Waals surface area contributed by atoms with Crippen LogP contribution in [-0.2, 0) is 9.53 Å². The molecule has 1 aliphatic rings. The van der Waals surface area contributed by atoms with Crippen LogP contribution in [0.15, 0.2) is 60.7 Å². The van der Waals surface area contributed by atoms with E-state index in [4.69, 9.17) is 4.74 Å². The molecule has 1 saturated carbocycles. The van der Waals surface area contributed by atoms with Crippen LogP contribution >= 0.6 is 0 Å². The third kappa shape index (κ3) is 2.24. The van der Waals surface area contributed by atoms with E-state index in [1.54, 1.807) is 0 Å². The molecule has 0 saturated heterocycles. The Morgan fingerprint density at radius 3 is 2.29 bits per heavy atom. The third-order valence-corrected chi connectivity index (χ3v) is 4.37. The Labute approximate surface area is 124 Å². The number of rotatable bonds is 4. The first-order valence-corrected chi connectivity index (χ1v) is 7.06. The highest BCUT2D eigenvalue weighted by Gasteiger charge is 2.66. The fraction of sp³-hybridized carbons (Fsp3) is 0.278. The molecule has 1 N–H and O–H groups in total. The van der Waals surface area contributed by atoms with E-state index in [-0.39, 0.29) is 11.9 Å². The highest BCUT2D eigenvalue weighted by molar-refractivity contribution is 5.83. The van der Waals surface area contributed by atoms with Crippen molar-refractivity contribution in [1.82, 2.24) is 0 Å². The van der Waals surface area contributed by atoms with Crippen LogP contribution < -0.4 is 0 Å². The number of hydrogen-bond donors (Lipinski definition) is 1. The second-order valence-electron chi connectivity index (χ2n) is 5.51. The number of ether oxygens (including phenoxy) is 1. The fourth-order valence-corrected chi connectivity index (χ4v) is 3.14. The summed E-state index contributed by atoms with van der Waals surface area (Å²) in [6.07, 6.45) is -0.240. The summed E-state index contributed by atoms with van der Waals surface area (Å²) >= 11 is 0. The molecule has 1 fully saturated rings. The van der Waals surface area contributed by atoms with Crippen LogP contribution in [0.5, 0.6) is 0 Å². The van der Waals surface area contributed by atoms with Crippen molar-refractivity contribution in [2.75, 3.05) is 7.11 Å². The van der Waals surface area contributed by atoms with Gasteiger partial charge in [0.05, 0.1) is 13.2 Å². The van der Waals surface area contributed by atoms with Gasteiger partial charge in [-0.3, -0.25) is 4.79 Å². The van der Waals surface area contributed by atoms with Crippen molar-refractivity contribution in [2.24, 2.45) is 5.41 Å². The normalized spacial score (nSPS) is 25.1. The largest absolute Gasteiger partial charge is 0.468 e. The predicted molar refractivity (Wildman–Crippen MR) is 79.7 cm³/mol. The monoisotopic (exact) mass is 282 g/mol. The molecule has 3 rings (SSSR count). The Morgan fingerprint density at radius 1 is 1.14 bits per heavy atom. The highest BCUT2D eigenvalue weighted by atomic mass is 16.5. The number of aliphatic hydroxyl groups excluding tert-OH is 1. The van der Waals surface area contributed by atoms with Crippen molar-refractivity contribution in [2.45, 2.75) is 18.4 Å². The Morgan fingerprint density at radius 2 is 1.71 bits per heavy atom. The zero-order valence-corrected chi connectivity index (χ0v) is 11.9. The van der Waals surface area contributed by atoms with Gasteiger partial charge in [-0.15, -0.1) is 0 Å². The molecule has 0 bridgehead atoms. The summed E-state index contributed by atoms with van der Waals surface area (Å²) in [6.45, 7) is 0. The van der Waals surface area contributed by atoms with Crippen LogP contribution in [0.4, 0.5) is 0 Å². The van der Waals surface area contributed by atoms with Gasteiger partial charge in [0.15, 0.2) is 0 Å². The standard InChI is InChI=1S/C18H18O3/c1-21-17(20)18(16(19)14-10-6-3-7-11-14)12-15(18)13-8-4-2-5-9-13/h2-11,15-16,19H,12H2,1H3/t15-,16?,18-/m1/s1. The average molecular weight is 282 g/mol. The summed E-state index contributed by atoms with van der Waals surface area (Å²) in [5.41, 5.74) is 0.955. The quantitative estimate of drug-likeness (QED) is 0.877. The van der Waals surface area contributed by atoms with Gasteiger partial charge in [-0.1, -0.05) is 60.7 Å². The maximum atomic E-state index is 12.3. The van der Waals surface area contributed by atoms with Crippen molar-refractivity contribution in [3.8, 4) is 0 Å². The lowest BCUT2D eigenvalue weighted by molar-refractivity contribution is -0.152. The van der Waals surface area contributed by atoms with Crippen LogP contribution in [0.25, 0.3) is 0 Å². The van der Waals surface area contributed by atoms with E-state index in [0.29, 0.717) is 6.42 Å². The fourth-order valence-electron chi connectivity index (χ4n) is 3.14. The molecule has 1 aliphatic carbocycles. The zero-order valence-electron chi connectivity index (χ0n) is 11.9. The number of methoxy groups -OCH3 is 1. The highest BCUT2D eigenvalue weighted by Crippen LogP contribution is 2.66. The molecule has 0 aliphatic heterocycles. The van der Waals surface area contributed by atoms with Crippen LogP contribution in [-0.4, -0.2) is 18.2 Å². The van der Waals surface area contributed by atoms with E-state index in [9.17, 15) is 9.90 Å². The number of hydrogen-bond acceptors (Lipinski definition) is 3. The van der Waals surface area contributed by atoms with Gasteiger partial charge in [0.25, 0.3) is 0 Å². The second-order valence-corrected chi connectivity index (χ2v) is 5.51. The lowest BCUT2D eigenvalue weighted by atomic mass is 9.88. The summed E-state index contributed by atoms with van der Waals surface area (Å²) < 4.78 is 4.97. The number of carbonyl (C=O) groups is 1. The third-order valence-electron chi connectivity index (χ3n) is 4.37. The van der Waals surface area contributed by atoms with Gasteiger partial charge in [-0.25, -0.2) is 0 Å². The van der Waals surface area contributed by atoms with E-state index >= 15 is 0 Å². The van der Waals surface area contributed by atoms with E-state index in [1.807, 2.05) is 60.7 Å². The Bertz CT molecular complexity index is 623. The summed E-state index contributed by atoms with van der Waals surface area (Å²) in [5.74, 6) is -0.339. The van der Waals surface area contributed by atoms with Crippen molar-refractivity contribution in [3.05, 3.63) is 71.8 Å². The average Bonchev–Trinajstić information content (AvgIpc) is 3.32. The van der Waals surface area contributed by atoms with E-state index in [0.717, 1.165) is 11.1 Å². The van der Waals surface area contributed by atoms with Crippen molar-refractivity contribution < 1.29 is 14.6 Å². The maximum absolute atomic E-state index is 12.3. The van der Waals surface area contributed by atoms with Crippen LogP contribution in [0.3, 0.4) is 0 Å². The van der Waals surface area contributed by atoms with Crippen LogP contribution in [0, 0.1) is 5.41 Å². The van der Waals surface area contributed by atoms with E-state index < -0.39 is 11.5 Å². The summed E-state index contributed by atoms with van der Waals surface area (Å²) in [4.78, 5) is 12.3. The van der Waals surface area contributed by atoms with Gasteiger partial charge >= 0.3 is 5.97 Å². The molecule has 0 heterocycles. The molecule has 1 unspecified atom stereocenters. The number of aliphatic hydroxyl groups is 1. The van der Waals surface area contributed by atoms with E-state index in [2.05, 4.69) is 0 Å². The molecule has 0 aromatic heterocycles. The molecule has 0 spiro atoms. The van der Waals surface area contributed by atoms with Gasteiger partial charge in [0, 0.05) is 5.92 Å². The van der Waals surface area contributed by atoms with Gasteiger partial charge in [0.1, 0.15) is 5.41 Å². The lowest BCUT2D eigenvalue weighted by Gasteiger charge is -2.22. The van der Waals surface area contributed by atoms with Crippen LogP contribution in [0.1, 0.15) is 29.6 Å². The Balaban J connectivity index is 1.96. The molecule has 21 heavy (non-hydrogen) atoms. The molecule has 108 valence electrons. The minimum Gasteiger partial charge on any atom is -0.468 e. The van der Waals surface area contributed by atoms with Gasteiger partial charge in [-0.2, -0.15) is 0 Å². The van der Waals surface area contributed by atoms with Gasteiger partial charge in [-0.05, 0) is 17.5 Å². The Hall–Kier alpha value is -2.13. The first kappa shape index (κ1) is 13.8. The molecule has 0 amide bonds. The molecular formula is C18H18O3. The molecular weight excluding hydrogens is 264 g/mol. The molecule has 3 heteroatoms. The summed E-state index contributed by atoms with van der Waals surface area (Å²) in [7, 11) is 1.38.